The van der Waals surface area contributed by atoms with Crippen molar-refractivity contribution >= 4 is 17.2 Å². The van der Waals surface area contributed by atoms with Crippen molar-refractivity contribution in [1.82, 2.24) is 15.3 Å². The predicted molar refractivity (Wildman–Crippen MR) is 96.4 cm³/mol. The highest BCUT2D eigenvalue weighted by Gasteiger charge is 2.31. The Labute approximate surface area is 148 Å². The van der Waals surface area contributed by atoms with E-state index in [0.29, 0.717) is 6.54 Å². The number of nitrogens with one attached hydrogen (secondary N) is 1. The first-order chi connectivity index (χ1) is 11.6. The molecule has 1 unspecified atom stereocenters. The second-order valence-corrected chi connectivity index (χ2v) is 8.11. The summed E-state index contributed by atoms with van der Waals surface area (Å²) >= 11 is 1.70. The van der Waals surface area contributed by atoms with Gasteiger partial charge in [0.1, 0.15) is 6.61 Å². The maximum absolute atomic E-state index is 12.9. The van der Waals surface area contributed by atoms with Gasteiger partial charge in [0, 0.05) is 18.5 Å². The Morgan fingerprint density at radius 1 is 1.38 bits per heavy atom. The third-order valence-electron chi connectivity index (χ3n) is 5.20. The molecule has 0 radical (unpaired) electrons. The number of carbonyl (C=O) groups excluding carboxylic acids is 1. The molecule has 0 aromatic carbocycles. The molecule has 2 heterocycles. The Morgan fingerprint density at radius 3 is 2.79 bits per heavy atom. The molecule has 1 amide bonds. The maximum Gasteiger partial charge on any atom is 0.250 e. The van der Waals surface area contributed by atoms with E-state index in [4.69, 9.17) is 4.74 Å². The number of hydrazine groups is 1. The van der Waals surface area contributed by atoms with Crippen molar-refractivity contribution in [2.75, 3.05) is 20.2 Å². The van der Waals surface area contributed by atoms with Gasteiger partial charge in [-0.15, -0.1) is 11.3 Å². The van der Waals surface area contributed by atoms with Crippen LogP contribution in [0, 0.1) is 5.92 Å². The minimum absolute atomic E-state index is 0.0996. The van der Waals surface area contributed by atoms with Crippen molar-refractivity contribution < 1.29 is 9.53 Å². The average Bonchev–Trinajstić information content (AvgIpc) is 3.23. The van der Waals surface area contributed by atoms with Crippen LogP contribution in [0.2, 0.25) is 0 Å². The number of thiophene rings is 1. The molecule has 1 saturated heterocycles. The van der Waals surface area contributed by atoms with Gasteiger partial charge in [0.25, 0.3) is 0 Å². The number of hydrogen-bond acceptors (Lipinski definition) is 5. The lowest BCUT2D eigenvalue weighted by atomic mass is 9.89. The smallest absolute Gasteiger partial charge is 0.250 e. The Kier molecular flexibility index (Phi) is 6.27. The van der Waals surface area contributed by atoms with Crippen molar-refractivity contribution in [1.29, 1.82) is 0 Å². The molecule has 1 saturated carbocycles. The van der Waals surface area contributed by atoms with E-state index in [1.165, 1.54) is 17.7 Å². The van der Waals surface area contributed by atoms with Crippen molar-refractivity contribution in [3.8, 4) is 0 Å². The highest BCUT2D eigenvalue weighted by Crippen LogP contribution is 2.26. The summed E-state index contributed by atoms with van der Waals surface area (Å²) in [5.41, 5.74) is 3.30. The van der Waals surface area contributed by atoms with Crippen LogP contribution in [0.5, 0.6) is 0 Å². The zero-order chi connectivity index (χ0) is 16.9. The first-order valence-electron chi connectivity index (χ1n) is 9.03. The number of amides is 1. The first-order valence-corrected chi connectivity index (χ1v) is 9.91. The molecule has 1 aromatic rings. The Morgan fingerprint density at radius 2 is 2.17 bits per heavy atom. The lowest BCUT2D eigenvalue weighted by Crippen LogP contribution is -2.49. The van der Waals surface area contributed by atoms with Crippen LogP contribution in [0.4, 0.5) is 0 Å². The van der Waals surface area contributed by atoms with Crippen LogP contribution in [0.3, 0.4) is 0 Å². The van der Waals surface area contributed by atoms with Crippen molar-refractivity contribution in [2.45, 2.75) is 57.8 Å². The number of nitrogens with zero attached hydrogens (tertiary/aromatic N) is 2. The topological polar surface area (TPSA) is 44.8 Å². The van der Waals surface area contributed by atoms with Crippen LogP contribution < -0.4 is 5.43 Å². The first kappa shape index (κ1) is 17.9. The summed E-state index contributed by atoms with van der Waals surface area (Å²) < 4.78 is 5.96. The van der Waals surface area contributed by atoms with E-state index in [1.54, 1.807) is 11.3 Å². The average molecular weight is 352 g/mol. The zero-order valence-electron chi connectivity index (χ0n) is 14.7. The molecule has 24 heavy (non-hydrogen) atoms. The van der Waals surface area contributed by atoms with E-state index in [-0.39, 0.29) is 24.8 Å². The van der Waals surface area contributed by atoms with Gasteiger partial charge in [-0.25, -0.2) is 5.01 Å². The summed E-state index contributed by atoms with van der Waals surface area (Å²) in [6.45, 7) is 4.08. The monoisotopic (exact) mass is 351 g/mol. The summed E-state index contributed by atoms with van der Waals surface area (Å²) in [6, 6.07) is 4.13. The van der Waals surface area contributed by atoms with Gasteiger partial charge >= 0.3 is 0 Å². The second kappa shape index (κ2) is 8.43. The zero-order valence-corrected chi connectivity index (χ0v) is 15.6. The fourth-order valence-corrected chi connectivity index (χ4v) is 4.34. The highest BCUT2D eigenvalue weighted by atomic mass is 32.1. The number of carbonyl (C=O) groups is 1. The van der Waals surface area contributed by atoms with Crippen LogP contribution in [-0.4, -0.2) is 48.3 Å². The molecule has 2 aliphatic rings. The van der Waals surface area contributed by atoms with E-state index in [0.717, 1.165) is 31.7 Å². The van der Waals surface area contributed by atoms with Crippen LogP contribution in [0.1, 0.15) is 43.9 Å². The Bertz CT molecular complexity index is 514. The maximum atomic E-state index is 12.9. The van der Waals surface area contributed by atoms with Gasteiger partial charge in [0.2, 0.25) is 5.91 Å². The summed E-state index contributed by atoms with van der Waals surface area (Å²) in [5.74, 6) is 0.900. The molecule has 2 fully saturated rings. The lowest BCUT2D eigenvalue weighted by molar-refractivity contribution is -0.145. The van der Waals surface area contributed by atoms with Gasteiger partial charge < -0.3 is 9.64 Å². The number of hydrogen-bond donors (Lipinski definition) is 1. The van der Waals surface area contributed by atoms with E-state index in [9.17, 15) is 4.79 Å². The molecule has 5 nitrogen and oxygen atoms in total. The Hall–Kier alpha value is -0.950. The van der Waals surface area contributed by atoms with Crippen molar-refractivity contribution in [2.24, 2.45) is 5.92 Å². The minimum atomic E-state index is 0.0996. The molecular weight excluding hydrogens is 322 g/mol. The molecule has 134 valence electrons. The molecule has 1 atom stereocenters. The summed E-state index contributed by atoms with van der Waals surface area (Å²) in [7, 11) is 2.01. The molecule has 6 heteroatoms. The van der Waals surface area contributed by atoms with E-state index < -0.39 is 0 Å². The largest absolute Gasteiger partial charge is 0.368 e. The van der Waals surface area contributed by atoms with Crippen LogP contribution in [-0.2, 0) is 16.1 Å². The highest BCUT2D eigenvalue weighted by molar-refractivity contribution is 7.09. The van der Waals surface area contributed by atoms with Crippen LogP contribution in [0.25, 0.3) is 0 Å². The minimum Gasteiger partial charge on any atom is -0.368 e. The molecule has 1 aromatic heterocycles. The molecule has 0 bridgehead atoms. The van der Waals surface area contributed by atoms with Crippen molar-refractivity contribution in [3.63, 3.8) is 0 Å². The normalized spacial score (nSPS) is 28.2. The fraction of sp³-hybridized carbons (Fsp3) is 0.722. The third kappa shape index (κ3) is 4.57. The summed E-state index contributed by atoms with van der Waals surface area (Å²) in [5, 5.41) is 4.11. The number of rotatable bonds is 6. The molecule has 1 aliphatic heterocycles. The van der Waals surface area contributed by atoms with Crippen LogP contribution in [0.15, 0.2) is 17.5 Å². The van der Waals surface area contributed by atoms with Gasteiger partial charge in [0.05, 0.1) is 18.8 Å². The van der Waals surface area contributed by atoms with E-state index in [2.05, 4.69) is 23.8 Å². The second-order valence-electron chi connectivity index (χ2n) is 7.08. The van der Waals surface area contributed by atoms with E-state index in [1.807, 2.05) is 23.0 Å². The van der Waals surface area contributed by atoms with Crippen LogP contribution >= 0.6 is 11.3 Å². The lowest BCUT2D eigenvalue weighted by Gasteiger charge is -2.33. The van der Waals surface area contributed by atoms with E-state index >= 15 is 0 Å². The van der Waals surface area contributed by atoms with Gasteiger partial charge in [-0.3, -0.25) is 10.2 Å². The van der Waals surface area contributed by atoms with Crippen molar-refractivity contribution in [3.05, 3.63) is 22.4 Å². The summed E-state index contributed by atoms with van der Waals surface area (Å²) in [6.07, 6.45) is 5.92. The molecular formula is C18H29N3O2S. The quantitative estimate of drug-likeness (QED) is 0.856. The third-order valence-corrected chi connectivity index (χ3v) is 6.06. The summed E-state index contributed by atoms with van der Waals surface area (Å²) in [4.78, 5) is 16.0. The predicted octanol–water partition coefficient (Wildman–Crippen LogP) is 2.84. The van der Waals surface area contributed by atoms with Gasteiger partial charge in [-0.05, 0) is 49.5 Å². The van der Waals surface area contributed by atoms with Gasteiger partial charge in [-0.1, -0.05) is 13.0 Å². The van der Waals surface area contributed by atoms with Gasteiger partial charge in [0.15, 0.2) is 0 Å². The number of ether oxygens (including phenoxy) is 1. The molecule has 1 aliphatic carbocycles. The molecule has 1 N–H and O–H groups in total. The van der Waals surface area contributed by atoms with Gasteiger partial charge in [-0.2, -0.15) is 0 Å². The fourth-order valence-electron chi connectivity index (χ4n) is 3.63. The SMILES string of the molecule is CC1CCC(OCC(=O)N(Cc2cccs2)C2CCNN2C)CC1. The molecule has 0 spiro atoms. The molecule has 3 rings (SSSR count). The standard InChI is InChI=1S/C18H29N3O2S/c1-14-5-7-15(8-6-14)23-13-18(22)21(12-16-4-3-11-24-16)17-9-10-19-20(17)2/h3-4,11,14-15,17,19H,5-10,12-13H2,1-2H3. The Balaban J connectivity index is 1.58.